The highest BCUT2D eigenvalue weighted by molar-refractivity contribution is 6.08. The van der Waals surface area contributed by atoms with Crippen LogP contribution in [0.5, 0.6) is 5.75 Å². The van der Waals surface area contributed by atoms with E-state index in [0.717, 1.165) is 23.5 Å². The molecule has 1 aliphatic rings. The number of rotatable bonds is 13. The monoisotopic (exact) mass is 583 g/mol. The second-order valence-corrected chi connectivity index (χ2v) is 11.8. The first kappa shape index (κ1) is 32.9. The number of benzene rings is 2. The highest BCUT2D eigenvalue weighted by Crippen LogP contribution is 2.34. The molecule has 2 atom stereocenters. The Morgan fingerprint density at radius 2 is 1.64 bits per heavy atom. The van der Waals surface area contributed by atoms with Gasteiger partial charge in [0.15, 0.2) is 6.04 Å². The second kappa shape index (κ2) is 14.5. The quantitative estimate of drug-likeness (QED) is 0.213. The smallest absolute Gasteiger partial charge is 0.331 e. The van der Waals surface area contributed by atoms with Crippen molar-refractivity contribution in [1.29, 1.82) is 0 Å². The summed E-state index contributed by atoms with van der Waals surface area (Å²) in [7, 11) is 2.82. The van der Waals surface area contributed by atoms with E-state index in [-0.39, 0.29) is 17.9 Å². The number of ether oxygens (including phenoxy) is 4. The fourth-order valence-electron chi connectivity index (χ4n) is 4.79. The summed E-state index contributed by atoms with van der Waals surface area (Å²) in [5, 5.41) is 8.45. The zero-order chi connectivity index (χ0) is 31.0. The van der Waals surface area contributed by atoms with Gasteiger partial charge in [0, 0.05) is 18.9 Å². The first-order valence-corrected chi connectivity index (χ1v) is 14.3. The van der Waals surface area contributed by atoms with Crippen molar-refractivity contribution in [2.75, 3.05) is 38.1 Å². The van der Waals surface area contributed by atoms with Crippen molar-refractivity contribution in [2.45, 2.75) is 78.6 Å². The van der Waals surface area contributed by atoms with E-state index in [1.807, 2.05) is 34.6 Å². The van der Waals surface area contributed by atoms with Crippen molar-refractivity contribution < 1.29 is 33.3 Å². The summed E-state index contributed by atoms with van der Waals surface area (Å²) in [6.45, 7) is 11.8. The Balaban J connectivity index is 1.84. The fourth-order valence-corrected chi connectivity index (χ4v) is 4.79. The summed E-state index contributed by atoms with van der Waals surface area (Å²) in [6, 6.07) is 7.32. The molecule has 230 valence electrons. The molecule has 0 aromatic heterocycles. The minimum atomic E-state index is -1.08. The van der Waals surface area contributed by atoms with Crippen molar-refractivity contribution in [3.8, 4) is 5.75 Å². The number of urea groups is 1. The minimum absolute atomic E-state index is 0.134. The van der Waals surface area contributed by atoms with Gasteiger partial charge in [0.1, 0.15) is 12.4 Å². The topological polar surface area (TPSA) is 124 Å². The molecule has 0 saturated heterocycles. The predicted octanol–water partition coefficient (Wildman–Crippen LogP) is 5.40. The molecule has 0 heterocycles. The Hall–Kier alpha value is -3.63. The van der Waals surface area contributed by atoms with Gasteiger partial charge in [-0.1, -0.05) is 12.1 Å². The van der Waals surface area contributed by atoms with Crippen LogP contribution in [0.1, 0.15) is 67.6 Å². The lowest BCUT2D eigenvalue weighted by Crippen LogP contribution is -2.51. The van der Waals surface area contributed by atoms with Gasteiger partial charge in [0.2, 0.25) is 0 Å². The number of aryl methyl sites for hydroxylation is 2. The van der Waals surface area contributed by atoms with Crippen LogP contribution in [0.3, 0.4) is 0 Å². The number of hydrogen-bond acceptors (Lipinski definition) is 7. The average Bonchev–Trinajstić information content (AvgIpc) is 3.72. The SMILES string of the molecule is COCCOc1ccc(C(=O)N[C@H](C(=O)OC)C(C)OC(C)(C)C)c(NC(=O)Nc2c(C)cc(CC3CC3)cc2C)c1. The molecule has 3 rings (SSSR count). The van der Waals surface area contributed by atoms with Crippen LogP contribution in [0.4, 0.5) is 16.2 Å². The summed E-state index contributed by atoms with van der Waals surface area (Å²) in [5.74, 6) is -0.0476. The molecule has 0 bridgehead atoms. The van der Waals surface area contributed by atoms with Crippen LogP contribution in [0, 0.1) is 19.8 Å². The van der Waals surface area contributed by atoms with E-state index in [9.17, 15) is 14.4 Å². The average molecular weight is 584 g/mol. The molecule has 1 unspecified atom stereocenters. The number of esters is 1. The van der Waals surface area contributed by atoms with Crippen LogP contribution in [0.2, 0.25) is 0 Å². The molecule has 42 heavy (non-hydrogen) atoms. The third-order valence-corrected chi connectivity index (χ3v) is 6.84. The standard InChI is InChI=1S/C32H45N3O7/c1-19-15-23(17-22-9-10-22)16-20(2)27(19)35-31(38)33-26-18-24(41-14-13-39-7)11-12-25(26)29(36)34-28(30(37)40-8)21(3)42-32(4,5)6/h11-12,15-16,18,21-22,28H,9-10,13-14,17H2,1-8H3,(H,34,36)(H2,33,35,38)/t21?,28-/m0/s1. The van der Waals surface area contributed by atoms with Crippen molar-refractivity contribution in [1.82, 2.24) is 5.32 Å². The lowest BCUT2D eigenvalue weighted by atomic mass is 10.0. The van der Waals surface area contributed by atoms with Gasteiger partial charge in [-0.3, -0.25) is 4.79 Å². The van der Waals surface area contributed by atoms with Gasteiger partial charge in [-0.15, -0.1) is 0 Å². The van der Waals surface area contributed by atoms with Crippen molar-refractivity contribution >= 4 is 29.3 Å². The van der Waals surface area contributed by atoms with E-state index in [1.165, 1.54) is 31.6 Å². The molecule has 10 nitrogen and oxygen atoms in total. The number of carbonyl (C=O) groups excluding carboxylic acids is 3. The van der Waals surface area contributed by atoms with E-state index in [1.54, 1.807) is 26.2 Å². The van der Waals surface area contributed by atoms with Crippen LogP contribution in [-0.4, -0.2) is 63.1 Å². The summed E-state index contributed by atoms with van der Waals surface area (Å²) < 4.78 is 21.6. The van der Waals surface area contributed by atoms with Crippen LogP contribution in [0.15, 0.2) is 30.3 Å². The molecule has 2 aromatic rings. The molecule has 3 N–H and O–H groups in total. The Labute approximate surface area is 248 Å². The molecule has 0 aliphatic heterocycles. The summed E-state index contributed by atoms with van der Waals surface area (Å²) in [5.41, 5.74) is 3.68. The van der Waals surface area contributed by atoms with Gasteiger partial charge in [0.05, 0.1) is 36.7 Å². The molecule has 0 spiro atoms. The van der Waals surface area contributed by atoms with E-state index in [0.29, 0.717) is 18.0 Å². The molecule has 1 fully saturated rings. The van der Waals surface area contributed by atoms with Crippen LogP contribution in [0.25, 0.3) is 0 Å². The van der Waals surface area contributed by atoms with Crippen LogP contribution in [-0.2, 0) is 25.4 Å². The maximum absolute atomic E-state index is 13.5. The highest BCUT2D eigenvalue weighted by atomic mass is 16.5. The second-order valence-electron chi connectivity index (χ2n) is 11.8. The van der Waals surface area contributed by atoms with Crippen molar-refractivity contribution in [3.63, 3.8) is 0 Å². The third kappa shape index (κ3) is 9.73. The number of methoxy groups -OCH3 is 2. The molecule has 2 aromatic carbocycles. The zero-order valence-electron chi connectivity index (χ0n) is 26.0. The van der Waals surface area contributed by atoms with Gasteiger partial charge in [-0.2, -0.15) is 0 Å². The first-order valence-electron chi connectivity index (χ1n) is 14.3. The zero-order valence-corrected chi connectivity index (χ0v) is 26.0. The maximum Gasteiger partial charge on any atom is 0.331 e. The summed E-state index contributed by atoms with van der Waals surface area (Å²) >= 11 is 0. The van der Waals surface area contributed by atoms with Gasteiger partial charge in [0.25, 0.3) is 5.91 Å². The number of carbonyl (C=O) groups is 3. The number of hydrogen-bond donors (Lipinski definition) is 3. The van der Waals surface area contributed by atoms with Gasteiger partial charge >= 0.3 is 12.0 Å². The molecule has 3 amide bonds. The first-order chi connectivity index (χ1) is 19.8. The Kier molecular flexibility index (Phi) is 11.4. The van der Waals surface area contributed by atoms with Crippen molar-refractivity contribution in [3.05, 3.63) is 52.6 Å². The minimum Gasteiger partial charge on any atom is -0.491 e. The number of nitrogens with one attached hydrogen (secondary N) is 3. The Morgan fingerprint density at radius 1 is 0.976 bits per heavy atom. The van der Waals surface area contributed by atoms with E-state index in [4.69, 9.17) is 18.9 Å². The van der Waals surface area contributed by atoms with E-state index in [2.05, 4.69) is 28.1 Å². The van der Waals surface area contributed by atoms with E-state index < -0.39 is 35.7 Å². The maximum atomic E-state index is 13.5. The van der Waals surface area contributed by atoms with E-state index >= 15 is 0 Å². The van der Waals surface area contributed by atoms with Gasteiger partial charge < -0.3 is 34.9 Å². The molecule has 0 radical (unpaired) electrons. The summed E-state index contributed by atoms with van der Waals surface area (Å²) in [6.07, 6.45) is 2.90. The lowest BCUT2D eigenvalue weighted by molar-refractivity contribution is -0.150. The Bertz CT molecular complexity index is 1240. The van der Waals surface area contributed by atoms with Crippen molar-refractivity contribution in [2.24, 2.45) is 5.92 Å². The normalized spacial score (nSPS) is 14.5. The number of anilines is 2. The summed E-state index contributed by atoms with van der Waals surface area (Å²) in [4.78, 5) is 39.3. The Morgan fingerprint density at radius 3 is 2.21 bits per heavy atom. The van der Waals surface area contributed by atoms with Gasteiger partial charge in [-0.05, 0) is 95.5 Å². The van der Waals surface area contributed by atoms with Crippen LogP contribution < -0.4 is 20.7 Å². The molecule has 1 saturated carbocycles. The largest absolute Gasteiger partial charge is 0.491 e. The van der Waals surface area contributed by atoms with Gasteiger partial charge in [-0.25, -0.2) is 9.59 Å². The predicted molar refractivity (Wildman–Crippen MR) is 162 cm³/mol. The highest BCUT2D eigenvalue weighted by Gasteiger charge is 2.32. The fraction of sp³-hybridized carbons (Fsp3) is 0.531. The lowest BCUT2D eigenvalue weighted by Gasteiger charge is -2.30. The van der Waals surface area contributed by atoms with Crippen LogP contribution >= 0.6 is 0 Å². The molecular formula is C32H45N3O7. The molecule has 1 aliphatic carbocycles. The third-order valence-electron chi connectivity index (χ3n) is 6.84. The number of amides is 3. The molecule has 10 heteroatoms. The molecular weight excluding hydrogens is 538 g/mol.